The van der Waals surface area contributed by atoms with Gasteiger partial charge in [0.15, 0.2) is 0 Å². The Kier molecular flexibility index (Phi) is 5.55. The van der Waals surface area contributed by atoms with Crippen LogP contribution in [0.1, 0.15) is 17.0 Å². The monoisotopic (exact) mass is 360 g/mol. The van der Waals surface area contributed by atoms with E-state index in [9.17, 15) is 22.0 Å². The van der Waals surface area contributed by atoms with Crippen LogP contribution in [-0.2, 0) is 6.42 Å². The summed E-state index contributed by atoms with van der Waals surface area (Å²) in [6, 6.07) is 11.2. The number of alkyl halides is 5. The summed E-state index contributed by atoms with van der Waals surface area (Å²) in [7, 11) is 2.82. The Bertz CT molecular complexity index is 678. The van der Waals surface area contributed by atoms with Gasteiger partial charge in [0.25, 0.3) is 0 Å². The fourth-order valence-corrected chi connectivity index (χ4v) is 2.49. The number of benzene rings is 2. The minimum absolute atomic E-state index is 0.112. The van der Waals surface area contributed by atoms with E-state index in [2.05, 4.69) is 0 Å². The Hall–Kier alpha value is -2.31. The summed E-state index contributed by atoms with van der Waals surface area (Å²) in [5, 5.41) is 0. The van der Waals surface area contributed by atoms with E-state index in [1.165, 1.54) is 62.8 Å². The van der Waals surface area contributed by atoms with E-state index in [0.29, 0.717) is 17.1 Å². The molecule has 0 aliphatic heterocycles. The molecule has 0 saturated heterocycles. The molecule has 136 valence electrons. The van der Waals surface area contributed by atoms with Gasteiger partial charge in [0.05, 0.1) is 20.1 Å². The van der Waals surface area contributed by atoms with Gasteiger partial charge in [-0.2, -0.15) is 22.0 Å². The molecule has 2 rings (SSSR count). The van der Waals surface area contributed by atoms with E-state index in [0.717, 1.165) is 0 Å². The van der Waals surface area contributed by atoms with E-state index in [1.807, 2.05) is 0 Å². The predicted octanol–water partition coefficient (Wildman–Crippen LogP) is 5.23. The molecule has 25 heavy (non-hydrogen) atoms. The average molecular weight is 360 g/mol. The van der Waals surface area contributed by atoms with Crippen molar-refractivity contribution < 1.29 is 31.4 Å². The van der Waals surface area contributed by atoms with Crippen molar-refractivity contribution in [2.45, 2.75) is 24.4 Å². The molecule has 0 aliphatic carbocycles. The molecular weight excluding hydrogens is 343 g/mol. The molecule has 0 saturated carbocycles. The molecule has 2 aromatic rings. The van der Waals surface area contributed by atoms with Crippen LogP contribution in [0.15, 0.2) is 48.5 Å². The first-order valence-electron chi connectivity index (χ1n) is 7.40. The number of hydrogen-bond acceptors (Lipinski definition) is 2. The third kappa shape index (κ3) is 4.21. The molecule has 0 aromatic heterocycles. The quantitative estimate of drug-likeness (QED) is 0.657. The Balaban J connectivity index is 2.40. The van der Waals surface area contributed by atoms with E-state index in [-0.39, 0.29) is 5.56 Å². The van der Waals surface area contributed by atoms with Crippen molar-refractivity contribution in [3.05, 3.63) is 59.7 Å². The Morgan fingerprint density at radius 3 is 1.60 bits per heavy atom. The van der Waals surface area contributed by atoms with Crippen LogP contribution in [0.3, 0.4) is 0 Å². The third-order valence-electron chi connectivity index (χ3n) is 3.93. The lowest BCUT2D eigenvalue weighted by molar-refractivity contribution is -0.291. The lowest BCUT2D eigenvalue weighted by Gasteiger charge is -2.29. The molecule has 0 bridgehead atoms. The second-order valence-electron chi connectivity index (χ2n) is 5.50. The molecule has 0 heterocycles. The summed E-state index contributed by atoms with van der Waals surface area (Å²) in [6.07, 6.45) is -6.12. The maximum atomic E-state index is 14.1. The van der Waals surface area contributed by atoms with Crippen LogP contribution < -0.4 is 9.47 Å². The zero-order chi connectivity index (χ0) is 18.7. The molecule has 0 fully saturated rings. The second-order valence-corrected chi connectivity index (χ2v) is 5.50. The summed E-state index contributed by atoms with van der Waals surface area (Å²) in [5.41, 5.74) is 0.240. The molecule has 0 spiro atoms. The number of rotatable bonds is 6. The lowest BCUT2D eigenvalue weighted by Crippen LogP contribution is -2.43. The lowest BCUT2D eigenvalue weighted by atomic mass is 9.86. The van der Waals surface area contributed by atoms with Gasteiger partial charge in [0, 0.05) is 0 Å². The van der Waals surface area contributed by atoms with E-state index in [1.54, 1.807) is 0 Å². The van der Waals surface area contributed by atoms with Crippen LogP contribution in [0.5, 0.6) is 11.5 Å². The van der Waals surface area contributed by atoms with Crippen molar-refractivity contribution in [3.8, 4) is 11.5 Å². The normalized spacial score (nSPS) is 13.4. The van der Waals surface area contributed by atoms with Gasteiger partial charge in [-0.3, -0.25) is 0 Å². The number of methoxy groups -OCH3 is 2. The van der Waals surface area contributed by atoms with E-state index >= 15 is 0 Å². The summed E-state index contributed by atoms with van der Waals surface area (Å²) in [5.74, 6) is -6.05. The summed E-state index contributed by atoms with van der Waals surface area (Å²) in [6.45, 7) is 0. The summed E-state index contributed by atoms with van der Waals surface area (Å²) < 4.78 is 76.9. The average Bonchev–Trinajstić information content (AvgIpc) is 2.59. The topological polar surface area (TPSA) is 18.5 Å². The highest BCUT2D eigenvalue weighted by atomic mass is 19.4. The molecule has 0 radical (unpaired) electrons. The Morgan fingerprint density at radius 1 is 0.760 bits per heavy atom. The van der Waals surface area contributed by atoms with E-state index in [4.69, 9.17) is 9.47 Å². The Morgan fingerprint density at radius 2 is 1.20 bits per heavy atom. The molecule has 0 N–H and O–H groups in total. The largest absolute Gasteiger partial charge is 0.497 e. The first-order chi connectivity index (χ1) is 11.7. The fourth-order valence-electron chi connectivity index (χ4n) is 2.49. The number of ether oxygens (including phenoxy) is 2. The van der Waals surface area contributed by atoms with Crippen molar-refractivity contribution >= 4 is 0 Å². The van der Waals surface area contributed by atoms with Gasteiger partial charge in [-0.25, -0.2) is 0 Å². The SMILES string of the molecule is COc1ccc(CC(c2ccc(OC)cc2)C(F)(F)C(F)(F)F)cc1. The van der Waals surface area contributed by atoms with Crippen molar-refractivity contribution in [2.24, 2.45) is 0 Å². The molecule has 0 aliphatic rings. The highest BCUT2D eigenvalue weighted by Crippen LogP contribution is 2.47. The number of hydrogen-bond donors (Lipinski definition) is 0. The maximum absolute atomic E-state index is 14.1. The van der Waals surface area contributed by atoms with Gasteiger partial charge in [-0.05, 0) is 41.8 Å². The van der Waals surface area contributed by atoms with Crippen molar-refractivity contribution in [1.82, 2.24) is 0 Å². The molecule has 2 aromatic carbocycles. The Labute approximate surface area is 142 Å². The van der Waals surface area contributed by atoms with Gasteiger partial charge < -0.3 is 9.47 Å². The molecule has 0 amide bonds. The highest BCUT2D eigenvalue weighted by Gasteiger charge is 2.62. The molecule has 2 nitrogen and oxygen atoms in total. The fraction of sp³-hybridized carbons (Fsp3) is 0.333. The third-order valence-corrected chi connectivity index (χ3v) is 3.93. The molecule has 1 unspecified atom stereocenters. The first-order valence-corrected chi connectivity index (χ1v) is 7.40. The maximum Gasteiger partial charge on any atom is 0.453 e. The van der Waals surface area contributed by atoms with Crippen LogP contribution in [0.2, 0.25) is 0 Å². The zero-order valence-corrected chi connectivity index (χ0v) is 13.6. The molecular formula is C18H17F5O2. The molecule has 1 atom stereocenters. The predicted molar refractivity (Wildman–Crippen MR) is 83.4 cm³/mol. The van der Waals surface area contributed by atoms with Crippen LogP contribution in [-0.4, -0.2) is 26.3 Å². The number of halogens is 5. The molecule has 7 heteroatoms. The van der Waals surface area contributed by atoms with Gasteiger partial charge in [-0.15, -0.1) is 0 Å². The van der Waals surface area contributed by atoms with Crippen molar-refractivity contribution in [2.75, 3.05) is 14.2 Å². The van der Waals surface area contributed by atoms with Crippen molar-refractivity contribution in [3.63, 3.8) is 0 Å². The van der Waals surface area contributed by atoms with Crippen molar-refractivity contribution in [1.29, 1.82) is 0 Å². The highest BCUT2D eigenvalue weighted by molar-refractivity contribution is 5.34. The van der Waals surface area contributed by atoms with Crippen LogP contribution in [0, 0.1) is 0 Å². The van der Waals surface area contributed by atoms with Crippen LogP contribution >= 0.6 is 0 Å². The first kappa shape index (κ1) is 19.0. The van der Waals surface area contributed by atoms with Crippen LogP contribution in [0.4, 0.5) is 22.0 Å². The smallest absolute Gasteiger partial charge is 0.453 e. The van der Waals surface area contributed by atoms with E-state index < -0.39 is 24.4 Å². The van der Waals surface area contributed by atoms with Crippen LogP contribution in [0.25, 0.3) is 0 Å². The minimum Gasteiger partial charge on any atom is -0.497 e. The summed E-state index contributed by atoms with van der Waals surface area (Å²) in [4.78, 5) is 0. The second kappa shape index (κ2) is 7.29. The van der Waals surface area contributed by atoms with Gasteiger partial charge in [0.2, 0.25) is 0 Å². The minimum atomic E-state index is -5.65. The van der Waals surface area contributed by atoms with Gasteiger partial charge >= 0.3 is 12.1 Å². The van der Waals surface area contributed by atoms with Gasteiger partial charge in [0.1, 0.15) is 11.5 Å². The zero-order valence-electron chi connectivity index (χ0n) is 13.6. The van der Waals surface area contributed by atoms with Gasteiger partial charge in [-0.1, -0.05) is 24.3 Å². The standard InChI is InChI=1S/C18H17F5O2/c1-24-14-7-3-12(4-8-14)11-16(17(19,20)18(21,22)23)13-5-9-15(25-2)10-6-13/h3-10,16H,11H2,1-2H3. The summed E-state index contributed by atoms with van der Waals surface area (Å²) >= 11 is 0.